The van der Waals surface area contributed by atoms with Crippen LogP contribution in [0.1, 0.15) is 25.1 Å². The average Bonchev–Trinajstić information content (AvgIpc) is 3.18. The quantitative estimate of drug-likeness (QED) is 0.842. The number of fused-ring (bicyclic) bond motifs is 1. The lowest BCUT2D eigenvalue weighted by molar-refractivity contribution is -0.130. The monoisotopic (exact) mass is 346 g/mol. The predicted molar refractivity (Wildman–Crippen MR) is 92.1 cm³/mol. The van der Waals surface area contributed by atoms with Gasteiger partial charge in [-0.2, -0.15) is 5.10 Å². The Morgan fingerprint density at radius 3 is 2.72 bits per heavy atom. The number of likely N-dealkylation sites (tertiary alicyclic amines) is 1. The molecule has 2 fully saturated rings. The second-order valence-corrected chi connectivity index (χ2v) is 7.09. The number of nitrogens with zero attached hydrogens (tertiary/aromatic N) is 6. The van der Waals surface area contributed by atoms with Gasteiger partial charge in [-0.1, -0.05) is 0 Å². The zero-order valence-electron chi connectivity index (χ0n) is 14.7. The van der Waals surface area contributed by atoms with Crippen LogP contribution < -0.4 is 4.90 Å². The number of anilines is 1. The summed E-state index contributed by atoms with van der Waals surface area (Å²) in [6, 6.07) is 0.215. The number of hydrogen-bond acceptors (Lipinski definition) is 5. The Bertz CT molecular complexity index is 798. The number of rotatable bonds is 3. The lowest BCUT2D eigenvalue weighted by Gasteiger charge is -2.37. The number of halogens is 1. The molecule has 0 N–H and O–H groups in total. The molecule has 0 aromatic carbocycles. The minimum Gasteiger partial charge on any atom is -0.356 e. The maximum atomic E-state index is 12.9. The molecule has 1 amide bonds. The number of carbonyl (C=O) groups is 1. The maximum Gasteiger partial charge on any atom is 0.223 e. The van der Waals surface area contributed by atoms with Gasteiger partial charge in [0.25, 0.3) is 0 Å². The molecule has 0 saturated carbocycles. The van der Waals surface area contributed by atoms with Crippen molar-refractivity contribution in [3.8, 4) is 0 Å². The predicted octanol–water partition coefficient (Wildman–Crippen LogP) is 1.46. The van der Waals surface area contributed by atoms with Crippen molar-refractivity contribution in [2.24, 2.45) is 13.0 Å². The lowest BCUT2D eigenvalue weighted by Crippen LogP contribution is -2.46. The van der Waals surface area contributed by atoms with Gasteiger partial charge in [0.15, 0.2) is 5.65 Å². The van der Waals surface area contributed by atoms with Crippen molar-refractivity contribution in [3.05, 3.63) is 12.0 Å². The molecule has 0 radical (unpaired) electrons. The van der Waals surface area contributed by atoms with E-state index in [1.54, 1.807) is 4.68 Å². The molecule has 134 valence electrons. The zero-order valence-corrected chi connectivity index (χ0v) is 14.7. The molecule has 4 rings (SSSR count). The highest BCUT2D eigenvalue weighted by molar-refractivity contribution is 5.87. The topological polar surface area (TPSA) is 67.2 Å². The summed E-state index contributed by atoms with van der Waals surface area (Å²) in [4.78, 5) is 25.4. The Morgan fingerprint density at radius 1 is 1.28 bits per heavy atom. The van der Waals surface area contributed by atoms with Crippen molar-refractivity contribution in [2.75, 3.05) is 31.2 Å². The number of amides is 1. The highest BCUT2D eigenvalue weighted by Gasteiger charge is 2.36. The summed E-state index contributed by atoms with van der Waals surface area (Å²) in [7, 11) is 1.88. The van der Waals surface area contributed by atoms with E-state index in [1.165, 1.54) is 0 Å². The molecule has 2 aromatic heterocycles. The summed E-state index contributed by atoms with van der Waals surface area (Å²) in [5, 5.41) is 5.26. The summed E-state index contributed by atoms with van der Waals surface area (Å²) in [5.41, 5.74) is 0.838. The normalized spacial score (nSPS) is 22.4. The summed E-state index contributed by atoms with van der Waals surface area (Å²) in [6.45, 7) is 3.72. The van der Waals surface area contributed by atoms with E-state index < -0.39 is 6.67 Å². The van der Waals surface area contributed by atoms with Gasteiger partial charge >= 0.3 is 0 Å². The Balaban J connectivity index is 1.50. The molecule has 2 aliphatic rings. The van der Waals surface area contributed by atoms with Crippen LogP contribution >= 0.6 is 0 Å². The molecule has 1 atom stereocenters. The molecule has 7 nitrogen and oxygen atoms in total. The van der Waals surface area contributed by atoms with Crippen LogP contribution in [0.2, 0.25) is 0 Å². The second kappa shape index (κ2) is 6.24. The fraction of sp³-hybridized carbons (Fsp3) is 0.647. The molecule has 2 aromatic rings. The van der Waals surface area contributed by atoms with Crippen LogP contribution in [-0.2, 0) is 11.8 Å². The minimum atomic E-state index is -0.402. The van der Waals surface area contributed by atoms with Crippen molar-refractivity contribution in [1.29, 1.82) is 0 Å². The number of carbonyl (C=O) groups excluding carboxylic acids is 1. The van der Waals surface area contributed by atoms with E-state index in [0.717, 1.165) is 48.6 Å². The average molecular weight is 346 g/mol. The minimum absolute atomic E-state index is 0.105. The van der Waals surface area contributed by atoms with Crippen LogP contribution in [-0.4, -0.2) is 62.9 Å². The van der Waals surface area contributed by atoms with Crippen molar-refractivity contribution in [2.45, 2.75) is 32.2 Å². The van der Waals surface area contributed by atoms with Gasteiger partial charge < -0.3 is 9.80 Å². The molecular formula is C17H23FN6O. The van der Waals surface area contributed by atoms with Crippen molar-refractivity contribution >= 4 is 22.8 Å². The first kappa shape index (κ1) is 16.2. The Labute approximate surface area is 145 Å². The van der Waals surface area contributed by atoms with Crippen molar-refractivity contribution in [3.63, 3.8) is 0 Å². The first-order valence-corrected chi connectivity index (χ1v) is 8.83. The van der Waals surface area contributed by atoms with Crippen molar-refractivity contribution in [1.82, 2.24) is 24.6 Å². The van der Waals surface area contributed by atoms with E-state index in [1.807, 2.05) is 25.1 Å². The molecule has 0 bridgehead atoms. The molecule has 2 aliphatic heterocycles. The Kier molecular flexibility index (Phi) is 4.05. The number of aromatic nitrogens is 4. The van der Waals surface area contributed by atoms with Crippen LogP contribution in [0.4, 0.5) is 10.2 Å². The van der Waals surface area contributed by atoms with Crippen LogP contribution in [0.15, 0.2) is 6.20 Å². The molecule has 0 spiro atoms. The number of hydrogen-bond donors (Lipinski definition) is 0. The van der Waals surface area contributed by atoms with E-state index in [0.29, 0.717) is 13.0 Å². The largest absolute Gasteiger partial charge is 0.356 e. The van der Waals surface area contributed by atoms with E-state index in [4.69, 9.17) is 0 Å². The highest BCUT2D eigenvalue weighted by atomic mass is 19.1. The van der Waals surface area contributed by atoms with Gasteiger partial charge in [0, 0.05) is 45.1 Å². The summed E-state index contributed by atoms with van der Waals surface area (Å²) in [5.74, 6) is 1.64. The van der Waals surface area contributed by atoms with Gasteiger partial charge in [-0.25, -0.2) is 9.97 Å². The molecule has 25 heavy (non-hydrogen) atoms. The van der Waals surface area contributed by atoms with Gasteiger partial charge in [-0.3, -0.25) is 13.9 Å². The van der Waals surface area contributed by atoms with E-state index >= 15 is 0 Å². The van der Waals surface area contributed by atoms with E-state index in [9.17, 15) is 9.18 Å². The maximum absolute atomic E-state index is 12.9. The van der Waals surface area contributed by atoms with Crippen LogP contribution in [0, 0.1) is 12.8 Å². The summed E-state index contributed by atoms with van der Waals surface area (Å²) < 4.78 is 14.6. The number of aryl methyl sites for hydroxylation is 2. The molecule has 2 saturated heterocycles. The SMILES string of the molecule is Cc1nc(N2CCC(N3CC(CF)CC3=O)CC2)c2cnn(C)c2n1. The Hall–Kier alpha value is -2.25. The fourth-order valence-electron chi connectivity index (χ4n) is 4.01. The Morgan fingerprint density at radius 2 is 2.04 bits per heavy atom. The van der Waals surface area contributed by atoms with E-state index in [2.05, 4.69) is 20.0 Å². The summed E-state index contributed by atoms with van der Waals surface area (Å²) in [6.07, 6.45) is 3.94. The highest BCUT2D eigenvalue weighted by Crippen LogP contribution is 2.30. The molecule has 1 unspecified atom stereocenters. The van der Waals surface area contributed by atoms with Crippen LogP contribution in [0.5, 0.6) is 0 Å². The van der Waals surface area contributed by atoms with Gasteiger partial charge in [-0.15, -0.1) is 0 Å². The first-order valence-electron chi connectivity index (χ1n) is 8.83. The second-order valence-electron chi connectivity index (χ2n) is 7.09. The van der Waals surface area contributed by atoms with E-state index in [-0.39, 0.29) is 17.9 Å². The lowest BCUT2D eigenvalue weighted by atomic mass is 10.0. The molecular weight excluding hydrogens is 323 g/mol. The summed E-state index contributed by atoms with van der Waals surface area (Å²) >= 11 is 0. The number of piperidine rings is 1. The first-order chi connectivity index (χ1) is 12.1. The molecule has 0 aliphatic carbocycles. The van der Waals surface area contributed by atoms with Gasteiger partial charge in [0.2, 0.25) is 5.91 Å². The van der Waals surface area contributed by atoms with Gasteiger partial charge in [-0.05, 0) is 19.8 Å². The van der Waals surface area contributed by atoms with Gasteiger partial charge in [0.1, 0.15) is 11.6 Å². The van der Waals surface area contributed by atoms with Crippen LogP contribution in [0.3, 0.4) is 0 Å². The smallest absolute Gasteiger partial charge is 0.223 e. The van der Waals surface area contributed by atoms with Crippen molar-refractivity contribution < 1.29 is 9.18 Å². The number of alkyl halides is 1. The fourth-order valence-corrected chi connectivity index (χ4v) is 4.01. The van der Waals surface area contributed by atoms with Gasteiger partial charge in [0.05, 0.1) is 18.3 Å². The third kappa shape index (κ3) is 2.83. The molecule has 8 heteroatoms. The zero-order chi connectivity index (χ0) is 17.6. The standard InChI is InChI=1S/C17H23FN6O/c1-11-20-16-14(9-19-22(16)2)17(21-11)23-5-3-13(4-6-23)24-10-12(8-18)7-15(24)25/h9,12-13H,3-8,10H2,1-2H3. The van der Waals surface area contributed by atoms with Crippen LogP contribution in [0.25, 0.3) is 11.0 Å². The third-order valence-electron chi connectivity index (χ3n) is 5.35. The molecule has 4 heterocycles. The third-order valence-corrected chi connectivity index (χ3v) is 5.35.